The number of aromatic nitrogens is 1. The molecule has 1 unspecified atom stereocenters. The van der Waals surface area contributed by atoms with Crippen LogP contribution in [0.3, 0.4) is 0 Å². The SMILES string of the molecule is CC(C)(C(N)Cc1ccncc1)N1CCOCC1. The fourth-order valence-electron chi connectivity index (χ4n) is 2.40. The minimum absolute atomic E-state index is 0.00689. The van der Waals surface area contributed by atoms with Gasteiger partial charge in [-0.15, -0.1) is 0 Å². The lowest BCUT2D eigenvalue weighted by atomic mass is 9.88. The number of nitrogens with zero attached hydrogens (tertiary/aromatic N) is 2. The van der Waals surface area contributed by atoms with Crippen LogP contribution in [0.2, 0.25) is 0 Å². The lowest BCUT2D eigenvalue weighted by Gasteiger charge is -2.44. The van der Waals surface area contributed by atoms with Crippen LogP contribution >= 0.6 is 0 Å². The summed E-state index contributed by atoms with van der Waals surface area (Å²) in [5.41, 5.74) is 7.65. The molecule has 18 heavy (non-hydrogen) atoms. The van der Waals surface area contributed by atoms with E-state index in [0.717, 1.165) is 32.7 Å². The number of rotatable bonds is 4. The third kappa shape index (κ3) is 3.07. The zero-order valence-corrected chi connectivity index (χ0v) is 11.3. The van der Waals surface area contributed by atoms with Crippen LogP contribution in [0, 0.1) is 0 Å². The summed E-state index contributed by atoms with van der Waals surface area (Å²) in [6.07, 6.45) is 4.53. The van der Waals surface area contributed by atoms with Crippen molar-refractivity contribution < 1.29 is 4.74 Å². The maximum Gasteiger partial charge on any atom is 0.0594 e. The van der Waals surface area contributed by atoms with E-state index in [4.69, 9.17) is 10.5 Å². The Bertz CT molecular complexity index is 361. The highest BCUT2D eigenvalue weighted by atomic mass is 16.5. The van der Waals surface area contributed by atoms with Gasteiger partial charge in [-0.3, -0.25) is 9.88 Å². The van der Waals surface area contributed by atoms with Crippen molar-refractivity contribution in [3.05, 3.63) is 30.1 Å². The summed E-state index contributed by atoms with van der Waals surface area (Å²) in [6, 6.07) is 4.18. The van der Waals surface area contributed by atoms with Crippen LogP contribution in [0.5, 0.6) is 0 Å². The number of ether oxygens (including phenoxy) is 1. The Morgan fingerprint density at radius 3 is 2.56 bits per heavy atom. The van der Waals surface area contributed by atoms with Crippen molar-refractivity contribution in [2.45, 2.75) is 31.8 Å². The largest absolute Gasteiger partial charge is 0.379 e. The molecule has 1 aliphatic rings. The van der Waals surface area contributed by atoms with Crippen LogP contribution < -0.4 is 5.73 Å². The molecule has 0 spiro atoms. The zero-order chi connectivity index (χ0) is 13.0. The Hall–Kier alpha value is -0.970. The van der Waals surface area contributed by atoms with Gasteiger partial charge in [0.2, 0.25) is 0 Å². The normalized spacial score (nSPS) is 19.7. The molecule has 1 aromatic heterocycles. The van der Waals surface area contributed by atoms with E-state index in [1.54, 1.807) is 0 Å². The Kier molecular flexibility index (Phi) is 4.32. The van der Waals surface area contributed by atoms with Gasteiger partial charge in [-0.05, 0) is 38.0 Å². The van der Waals surface area contributed by atoms with Gasteiger partial charge in [0.05, 0.1) is 13.2 Å². The third-order valence-corrected chi connectivity index (χ3v) is 3.94. The van der Waals surface area contributed by atoms with Gasteiger partial charge in [-0.2, -0.15) is 0 Å². The summed E-state index contributed by atoms with van der Waals surface area (Å²) in [7, 11) is 0. The summed E-state index contributed by atoms with van der Waals surface area (Å²) < 4.78 is 5.40. The average Bonchev–Trinajstić information content (AvgIpc) is 2.41. The van der Waals surface area contributed by atoms with Crippen molar-refractivity contribution in [1.82, 2.24) is 9.88 Å². The molecular weight excluding hydrogens is 226 g/mol. The van der Waals surface area contributed by atoms with E-state index < -0.39 is 0 Å². The number of pyridine rings is 1. The molecule has 2 N–H and O–H groups in total. The first kappa shape index (κ1) is 13.5. The second-order valence-electron chi connectivity index (χ2n) is 5.42. The Balaban J connectivity index is 2.00. The molecule has 1 aliphatic heterocycles. The van der Waals surface area contributed by atoms with E-state index in [1.165, 1.54) is 5.56 Å². The maximum atomic E-state index is 6.41. The second kappa shape index (κ2) is 5.78. The van der Waals surface area contributed by atoms with Crippen molar-refractivity contribution in [3.63, 3.8) is 0 Å². The summed E-state index contributed by atoms with van der Waals surface area (Å²) in [5, 5.41) is 0. The van der Waals surface area contributed by atoms with Gasteiger partial charge in [-0.25, -0.2) is 0 Å². The molecule has 100 valence electrons. The highest BCUT2D eigenvalue weighted by Crippen LogP contribution is 2.21. The second-order valence-corrected chi connectivity index (χ2v) is 5.42. The topological polar surface area (TPSA) is 51.4 Å². The Labute approximate surface area is 109 Å². The molecule has 0 amide bonds. The molecule has 0 saturated carbocycles. The van der Waals surface area contributed by atoms with Crippen LogP contribution in [0.15, 0.2) is 24.5 Å². The molecule has 1 atom stereocenters. The predicted molar refractivity (Wildman–Crippen MR) is 72.4 cm³/mol. The highest BCUT2D eigenvalue weighted by molar-refractivity contribution is 5.13. The number of hydrogen-bond acceptors (Lipinski definition) is 4. The van der Waals surface area contributed by atoms with E-state index in [1.807, 2.05) is 24.5 Å². The van der Waals surface area contributed by atoms with Gasteiger partial charge in [0.1, 0.15) is 0 Å². The first-order valence-corrected chi connectivity index (χ1v) is 6.58. The average molecular weight is 249 g/mol. The summed E-state index contributed by atoms with van der Waals surface area (Å²) in [4.78, 5) is 6.47. The first-order chi connectivity index (χ1) is 8.60. The lowest BCUT2D eigenvalue weighted by molar-refractivity contribution is -0.0186. The molecule has 1 fully saturated rings. The van der Waals surface area contributed by atoms with E-state index >= 15 is 0 Å². The van der Waals surface area contributed by atoms with Crippen LogP contribution in [0.25, 0.3) is 0 Å². The predicted octanol–water partition coefficient (Wildman–Crippen LogP) is 1.06. The lowest BCUT2D eigenvalue weighted by Crippen LogP contribution is -2.59. The van der Waals surface area contributed by atoms with Crippen LogP contribution in [-0.2, 0) is 11.2 Å². The quantitative estimate of drug-likeness (QED) is 0.867. The van der Waals surface area contributed by atoms with Crippen molar-refractivity contribution in [3.8, 4) is 0 Å². The van der Waals surface area contributed by atoms with Crippen LogP contribution in [0.4, 0.5) is 0 Å². The molecule has 0 aromatic carbocycles. The van der Waals surface area contributed by atoms with Crippen LogP contribution in [0.1, 0.15) is 19.4 Å². The molecule has 2 heterocycles. The maximum absolute atomic E-state index is 6.41. The Morgan fingerprint density at radius 1 is 1.33 bits per heavy atom. The van der Waals surface area contributed by atoms with E-state index in [-0.39, 0.29) is 11.6 Å². The van der Waals surface area contributed by atoms with Gasteiger partial charge in [0, 0.05) is 37.1 Å². The molecule has 4 heteroatoms. The molecule has 0 radical (unpaired) electrons. The van der Waals surface area contributed by atoms with E-state index in [2.05, 4.69) is 23.7 Å². The fraction of sp³-hybridized carbons (Fsp3) is 0.643. The summed E-state index contributed by atoms with van der Waals surface area (Å²) in [6.45, 7) is 8.01. The van der Waals surface area contributed by atoms with Gasteiger partial charge in [0.25, 0.3) is 0 Å². The first-order valence-electron chi connectivity index (χ1n) is 6.58. The third-order valence-electron chi connectivity index (χ3n) is 3.94. The van der Waals surface area contributed by atoms with E-state index in [0.29, 0.717) is 0 Å². The number of morpholine rings is 1. The smallest absolute Gasteiger partial charge is 0.0594 e. The fourth-order valence-corrected chi connectivity index (χ4v) is 2.40. The van der Waals surface area contributed by atoms with Crippen molar-refractivity contribution in [1.29, 1.82) is 0 Å². The summed E-state index contributed by atoms with van der Waals surface area (Å²) >= 11 is 0. The molecule has 4 nitrogen and oxygen atoms in total. The molecule has 1 aromatic rings. The van der Waals surface area contributed by atoms with Crippen LogP contribution in [-0.4, -0.2) is 47.8 Å². The minimum Gasteiger partial charge on any atom is -0.379 e. The highest BCUT2D eigenvalue weighted by Gasteiger charge is 2.33. The van der Waals surface area contributed by atoms with E-state index in [9.17, 15) is 0 Å². The molecular formula is C14H23N3O. The van der Waals surface area contributed by atoms with Gasteiger partial charge >= 0.3 is 0 Å². The van der Waals surface area contributed by atoms with Crippen molar-refractivity contribution in [2.24, 2.45) is 5.73 Å². The summed E-state index contributed by atoms with van der Waals surface area (Å²) in [5.74, 6) is 0. The van der Waals surface area contributed by atoms with Gasteiger partial charge in [-0.1, -0.05) is 0 Å². The van der Waals surface area contributed by atoms with Gasteiger partial charge in [0.15, 0.2) is 0 Å². The van der Waals surface area contributed by atoms with Crippen molar-refractivity contribution in [2.75, 3.05) is 26.3 Å². The molecule has 1 saturated heterocycles. The Morgan fingerprint density at radius 2 is 1.94 bits per heavy atom. The monoisotopic (exact) mass is 249 g/mol. The molecule has 0 bridgehead atoms. The zero-order valence-electron chi connectivity index (χ0n) is 11.3. The number of hydrogen-bond donors (Lipinski definition) is 1. The standard InChI is InChI=1S/C14H23N3O/c1-14(2,17-7-9-18-10-8-17)13(15)11-12-3-5-16-6-4-12/h3-6,13H,7-11,15H2,1-2H3. The van der Waals surface area contributed by atoms with Gasteiger partial charge < -0.3 is 10.5 Å². The molecule has 2 rings (SSSR count). The molecule has 0 aliphatic carbocycles. The number of nitrogens with two attached hydrogens (primary N) is 1. The minimum atomic E-state index is -0.00689. The van der Waals surface area contributed by atoms with Crippen molar-refractivity contribution >= 4 is 0 Å².